The fraction of sp³-hybridized carbons (Fsp3) is 0.0357. The summed E-state index contributed by atoms with van der Waals surface area (Å²) in [5.74, 6) is -0.974. The van der Waals surface area contributed by atoms with E-state index >= 15 is 0 Å². The van der Waals surface area contributed by atoms with E-state index in [0.717, 1.165) is 10.8 Å². The molecule has 9 heteroatoms. The number of pyridine rings is 1. The Morgan fingerprint density at radius 1 is 0.919 bits per heavy atom. The van der Waals surface area contributed by atoms with Crippen molar-refractivity contribution in [2.45, 2.75) is 6.92 Å². The molecule has 2 aromatic heterocycles. The molecule has 2 N–H and O–H groups in total. The Hall–Kier alpha value is -5.67. The molecule has 0 bridgehead atoms. The number of hydrogen-bond donors (Lipinski definition) is 2. The summed E-state index contributed by atoms with van der Waals surface area (Å²) in [6.07, 6.45) is 0. The summed E-state index contributed by atoms with van der Waals surface area (Å²) in [6, 6.07) is 21.8. The molecule has 0 spiro atoms. The predicted molar refractivity (Wildman–Crippen MR) is 136 cm³/mol. The molecule has 0 aliphatic rings. The van der Waals surface area contributed by atoms with Crippen LogP contribution in [-0.4, -0.2) is 20.6 Å². The zero-order valence-corrected chi connectivity index (χ0v) is 19.3. The largest absolute Gasteiger partial charge is 0.508 e. The lowest BCUT2D eigenvalue weighted by molar-refractivity contribution is 0.418. The molecule has 0 saturated carbocycles. The Bertz CT molecular complexity index is 1990. The van der Waals surface area contributed by atoms with Crippen molar-refractivity contribution in [1.29, 1.82) is 10.5 Å². The van der Waals surface area contributed by atoms with E-state index in [1.807, 2.05) is 30.3 Å². The van der Waals surface area contributed by atoms with Crippen LogP contribution in [0.25, 0.3) is 32.9 Å². The van der Waals surface area contributed by atoms with Gasteiger partial charge < -0.3 is 14.6 Å². The van der Waals surface area contributed by atoms with E-state index in [2.05, 4.69) is 5.10 Å². The lowest BCUT2D eigenvalue weighted by Gasteiger charge is -2.12. The molecular weight excluding hydrogens is 472 g/mol. The van der Waals surface area contributed by atoms with Gasteiger partial charge >= 0.3 is 5.63 Å². The molecule has 0 atom stereocenters. The SMILES string of the molecule is C/C(=N\n1c(O)c(C#N)c(-c2cccc(O)c2)c(C#N)c1=O)c1cc2c(ccc3ccccc32)oc1=O. The van der Waals surface area contributed by atoms with Gasteiger partial charge in [-0.25, -0.2) is 4.79 Å². The van der Waals surface area contributed by atoms with Gasteiger partial charge in [-0.15, -0.1) is 0 Å². The first kappa shape index (κ1) is 23.1. The van der Waals surface area contributed by atoms with E-state index in [0.29, 0.717) is 15.6 Å². The number of nitriles is 2. The first-order chi connectivity index (χ1) is 17.8. The molecule has 2 heterocycles. The molecule has 0 unspecified atom stereocenters. The van der Waals surface area contributed by atoms with E-state index in [4.69, 9.17) is 4.42 Å². The third kappa shape index (κ3) is 3.77. The van der Waals surface area contributed by atoms with E-state index < -0.39 is 28.2 Å². The maximum atomic E-state index is 13.2. The second kappa shape index (κ2) is 8.84. The highest BCUT2D eigenvalue weighted by molar-refractivity contribution is 6.08. The number of hydrogen-bond acceptors (Lipinski definition) is 8. The van der Waals surface area contributed by atoms with Crippen molar-refractivity contribution in [2.75, 3.05) is 0 Å². The Morgan fingerprint density at radius 3 is 2.41 bits per heavy atom. The normalized spacial score (nSPS) is 11.4. The topological polar surface area (TPSA) is 153 Å². The van der Waals surface area contributed by atoms with Crippen LogP contribution in [0, 0.1) is 22.7 Å². The highest BCUT2D eigenvalue weighted by Gasteiger charge is 2.24. The first-order valence-corrected chi connectivity index (χ1v) is 11.0. The minimum Gasteiger partial charge on any atom is -0.508 e. The summed E-state index contributed by atoms with van der Waals surface area (Å²) < 4.78 is 5.99. The lowest BCUT2D eigenvalue weighted by atomic mass is 9.97. The smallest absolute Gasteiger partial charge is 0.345 e. The summed E-state index contributed by atoms with van der Waals surface area (Å²) in [5.41, 5.74) is -2.11. The summed E-state index contributed by atoms with van der Waals surface area (Å²) in [6.45, 7) is 1.44. The predicted octanol–water partition coefficient (Wildman–Crippen LogP) is 4.20. The highest BCUT2D eigenvalue weighted by atomic mass is 16.4. The van der Waals surface area contributed by atoms with Crippen molar-refractivity contribution in [3.63, 3.8) is 0 Å². The number of rotatable bonds is 3. The number of phenols is 1. The van der Waals surface area contributed by atoms with Gasteiger partial charge in [0.1, 0.15) is 34.6 Å². The molecule has 178 valence electrons. The Morgan fingerprint density at radius 2 is 1.68 bits per heavy atom. The van der Waals surface area contributed by atoms with Crippen LogP contribution in [0.3, 0.4) is 0 Å². The average Bonchev–Trinajstić information content (AvgIpc) is 2.90. The van der Waals surface area contributed by atoms with Crippen LogP contribution in [0.5, 0.6) is 11.6 Å². The molecule has 9 nitrogen and oxygen atoms in total. The molecule has 0 amide bonds. The van der Waals surface area contributed by atoms with Crippen molar-refractivity contribution in [1.82, 2.24) is 4.68 Å². The van der Waals surface area contributed by atoms with Gasteiger partial charge in [-0.05, 0) is 47.5 Å². The van der Waals surface area contributed by atoms with Crippen LogP contribution in [0.2, 0.25) is 0 Å². The van der Waals surface area contributed by atoms with Gasteiger partial charge in [0.15, 0.2) is 0 Å². The van der Waals surface area contributed by atoms with Gasteiger partial charge in [0, 0.05) is 10.9 Å². The van der Waals surface area contributed by atoms with E-state index in [1.54, 1.807) is 24.3 Å². The zero-order valence-electron chi connectivity index (χ0n) is 19.3. The van der Waals surface area contributed by atoms with Crippen LogP contribution in [0.15, 0.2) is 85.8 Å². The van der Waals surface area contributed by atoms with Crippen molar-refractivity contribution in [2.24, 2.45) is 5.10 Å². The van der Waals surface area contributed by atoms with Crippen LogP contribution >= 0.6 is 0 Å². The molecule has 0 radical (unpaired) electrons. The minimum absolute atomic E-state index is 0.0128. The van der Waals surface area contributed by atoms with Gasteiger partial charge in [-0.3, -0.25) is 4.79 Å². The van der Waals surface area contributed by atoms with Gasteiger partial charge in [-0.2, -0.15) is 20.3 Å². The van der Waals surface area contributed by atoms with Crippen LogP contribution in [0.1, 0.15) is 23.6 Å². The maximum absolute atomic E-state index is 13.2. The van der Waals surface area contributed by atoms with E-state index in [-0.39, 0.29) is 28.2 Å². The summed E-state index contributed by atoms with van der Waals surface area (Å²) >= 11 is 0. The third-order valence-corrected chi connectivity index (χ3v) is 5.97. The van der Waals surface area contributed by atoms with Crippen molar-refractivity contribution >= 4 is 27.5 Å². The number of phenolic OH excluding ortho intramolecular Hbond substituents is 1. The Labute approximate surface area is 208 Å². The summed E-state index contributed by atoms with van der Waals surface area (Å²) in [7, 11) is 0. The molecule has 0 fully saturated rings. The first-order valence-electron chi connectivity index (χ1n) is 11.0. The Kier molecular flexibility index (Phi) is 5.52. The standard InChI is InChI=1S/C28H16N4O5/c1-15(20-12-21-19-8-3-2-5-16(19)9-10-24(21)37-28(20)36)31-32-26(34)22(13-29)25(23(14-30)27(32)35)17-6-4-7-18(33)11-17/h2-12,33-34H,1H3/b31-15+. The number of fused-ring (bicyclic) bond motifs is 3. The highest BCUT2D eigenvalue weighted by Crippen LogP contribution is 2.32. The van der Waals surface area contributed by atoms with Gasteiger partial charge in [0.2, 0.25) is 5.88 Å². The zero-order chi connectivity index (χ0) is 26.3. The number of aromatic nitrogens is 1. The third-order valence-electron chi connectivity index (χ3n) is 5.97. The number of aromatic hydroxyl groups is 2. The second-order valence-electron chi connectivity index (χ2n) is 8.17. The van der Waals surface area contributed by atoms with Crippen molar-refractivity contribution in [3.8, 4) is 34.9 Å². The lowest BCUT2D eigenvalue weighted by Crippen LogP contribution is -2.24. The van der Waals surface area contributed by atoms with Gasteiger partial charge in [0.05, 0.1) is 11.3 Å². The fourth-order valence-corrected chi connectivity index (χ4v) is 4.23. The summed E-state index contributed by atoms with van der Waals surface area (Å²) in [5, 5.41) is 46.7. The number of benzene rings is 3. The molecule has 37 heavy (non-hydrogen) atoms. The molecule has 5 rings (SSSR count). The van der Waals surface area contributed by atoms with E-state index in [9.17, 15) is 30.3 Å². The van der Waals surface area contributed by atoms with Crippen LogP contribution in [0.4, 0.5) is 0 Å². The molecular formula is C28H16N4O5. The van der Waals surface area contributed by atoms with Crippen LogP contribution < -0.4 is 11.2 Å². The van der Waals surface area contributed by atoms with Gasteiger partial charge in [-0.1, -0.05) is 42.5 Å². The molecule has 0 aliphatic carbocycles. The van der Waals surface area contributed by atoms with Crippen molar-refractivity contribution in [3.05, 3.63) is 104 Å². The number of nitrogens with zero attached hydrogens (tertiary/aromatic N) is 4. The molecule has 0 aliphatic heterocycles. The quantitative estimate of drug-likeness (QED) is 0.219. The molecule has 0 saturated heterocycles. The van der Waals surface area contributed by atoms with Crippen molar-refractivity contribution < 1.29 is 14.6 Å². The molecule has 3 aromatic carbocycles. The molecule has 5 aromatic rings. The average molecular weight is 488 g/mol. The van der Waals surface area contributed by atoms with Gasteiger partial charge in [0.25, 0.3) is 5.56 Å². The van der Waals surface area contributed by atoms with E-state index in [1.165, 1.54) is 31.2 Å². The second-order valence-corrected chi connectivity index (χ2v) is 8.17. The summed E-state index contributed by atoms with van der Waals surface area (Å²) in [4.78, 5) is 26.0. The van der Waals surface area contributed by atoms with Crippen LogP contribution in [-0.2, 0) is 0 Å². The monoisotopic (exact) mass is 488 g/mol. The maximum Gasteiger partial charge on any atom is 0.345 e. The minimum atomic E-state index is -1.01. The fourth-order valence-electron chi connectivity index (χ4n) is 4.23. The Balaban J connectivity index is 1.76.